The third-order valence-electron chi connectivity index (χ3n) is 4.34. The lowest BCUT2D eigenvalue weighted by molar-refractivity contribution is -0.117. The van der Waals surface area contributed by atoms with Crippen LogP contribution >= 0.6 is 0 Å². The molecule has 0 aliphatic carbocycles. The monoisotopic (exact) mass is 332 g/mol. The van der Waals surface area contributed by atoms with Gasteiger partial charge in [0.2, 0.25) is 0 Å². The summed E-state index contributed by atoms with van der Waals surface area (Å²) in [5.74, 6) is 0.207. The summed E-state index contributed by atoms with van der Waals surface area (Å²) in [4.78, 5) is 12.5. The van der Waals surface area contributed by atoms with Gasteiger partial charge in [0, 0.05) is 19.0 Å². The number of hydrogen-bond donors (Lipinski definition) is 0. The molecular weight excluding hydrogens is 308 g/mol. The predicted molar refractivity (Wildman–Crippen MR) is 101 cm³/mol. The number of aromatic nitrogens is 2. The summed E-state index contributed by atoms with van der Waals surface area (Å²) in [6.07, 6.45) is 6.14. The molecule has 2 aromatic carbocycles. The second kappa shape index (κ2) is 8.43. The van der Waals surface area contributed by atoms with E-state index in [1.54, 1.807) is 6.20 Å². The molecule has 0 aliphatic rings. The normalized spacial score (nSPS) is 10.8. The van der Waals surface area contributed by atoms with Gasteiger partial charge in [-0.25, -0.2) is 4.68 Å². The van der Waals surface area contributed by atoms with Crippen LogP contribution in [0.15, 0.2) is 66.9 Å². The van der Waals surface area contributed by atoms with Gasteiger partial charge in [0.15, 0.2) is 0 Å². The van der Waals surface area contributed by atoms with Gasteiger partial charge in [0.05, 0.1) is 11.4 Å². The number of benzene rings is 2. The molecule has 1 heterocycles. The summed E-state index contributed by atoms with van der Waals surface area (Å²) in [6, 6.07) is 20.3. The van der Waals surface area contributed by atoms with Gasteiger partial charge in [0.25, 0.3) is 0 Å². The summed E-state index contributed by atoms with van der Waals surface area (Å²) in [5.41, 5.74) is 4.34. The minimum absolute atomic E-state index is 0.207. The summed E-state index contributed by atoms with van der Waals surface area (Å²) >= 11 is 0. The van der Waals surface area contributed by atoms with E-state index in [1.165, 1.54) is 18.4 Å². The topological polar surface area (TPSA) is 34.9 Å². The number of carbonyl (C=O) groups is 1. The molecule has 3 heteroatoms. The van der Waals surface area contributed by atoms with Crippen molar-refractivity contribution in [3.63, 3.8) is 0 Å². The van der Waals surface area contributed by atoms with Crippen LogP contribution in [0.2, 0.25) is 0 Å². The minimum atomic E-state index is 0.207. The van der Waals surface area contributed by atoms with Crippen molar-refractivity contribution in [3.05, 3.63) is 83.7 Å². The zero-order valence-corrected chi connectivity index (χ0v) is 14.7. The van der Waals surface area contributed by atoms with E-state index in [2.05, 4.69) is 36.3 Å². The highest BCUT2D eigenvalue weighted by atomic mass is 16.1. The molecule has 0 unspecified atom stereocenters. The van der Waals surface area contributed by atoms with E-state index in [9.17, 15) is 4.79 Å². The molecule has 128 valence electrons. The fourth-order valence-electron chi connectivity index (χ4n) is 2.96. The third kappa shape index (κ3) is 4.66. The van der Waals surface area contributed by atoms with Crippen LogP contribution in [0.3, 0.4) is 0 Å². The minimum Gasteiger partial charge on any atom is -0.299 e. The second-order valence-electron chi connectivity index (χ2n) is 6.38. The molecule has 0 bridgehead atoms. The first-order valence-electron chi connectivity index (χ1n) is 8.94. The maximum atomic E-state index is 12.5. The van der Waals surface area contributed by atoms with E-state index in [-0.39, 0.29) is 5.78 Å². The average molecular weight is 332 g/mol. The average Bonchev–Trinajstić information content (AvgIpc) is 3.10. The summed E-state index contributed by atoms with van der Waals surface area (Å²) in [5, 5.41) is 4.35. The number of unbranched alkanes of at least 4 members (excludes halogenated alkanes) is 1. The molecule has 25 heavy (non-hydrogen) atoms. The van der Waals surface area contributed by atoms with Gasteiger partial charge in [-0.3, -0.25) is 4.79 Å². The maximum absolute atomic E-state index is 12.5. The van der Waals surface area contributed by atoms with Crippen molar-refractivity contribution in [2.24, 2.45) is 0 Å². The fourth-order valence-corrected chi connectivity index (χ4v) is 2.96. The predicted octanol–water partition coefficient (Wildman–Crippen LogP) is 4.57. The first-order valence-corrected chi connectivity index (χ1v) is 8.94. The van der Waals surface area contributed by atoms with Crippen LogP contribution < -0.4 is 0 Å². The Bertz CT molecular complexity index is 804. The van der Waals surface area contributed by atoms with Crippen LogP contribution in [-0.4, -0.2) is 15.6 Å². The van der Waals surface area contributed by atoms with E-state index in [4.69, 9.17) is 0 Å². The largest absolute Gasteiger partial charge is 0.299 e. The number of nitrogens with zero attached hydrogens (tertiary/aromatic N) is 2. The zero-order valence-electron chi connectivity index (χ0n) is 14.7. The van der Waals surface area contributed by atoms with Crippen molar-refractivity contribution in [1.82, 2.24) is 9.78 Å². The van der Waals surface area contributed by atoms with E-state index < -0.39 is 0 Å². The Morgan fingerprint density at radius 2 is 1.64 bits per heavy atom. The highest BCUT2D eigenvalue weighted by Crippen LogP contribution is 2.13. The van der Waals surface area contributed by atoms with E-state index in [1.807, 2.05) is 41.1 Å². The lowest BCUT2D eigenvalue weighted by Gasteiger charge is -2.07. The molecule has 3 rings (SSSR count). The first kappa shape index (κ1) is 17.2. The Morgan fingerprint density at radius 3 is 2.36 bits per heavy atom. The quantitative estimate of drug-likeness (QED) is 0.606. The number of aryl methyl sites for hydroxylation is 1. The van der Waals surface area contributed by atoms with Crippen LogP contribution in [0, 0.1) is 0 Å². The van der Waals surface area contributed by atoms with E-state index >= 15 is 0 Å². The molecule has 0 spiro atoms. The number of rotatable bonds is 8. The van der Waals surface area contributed by atoms with Crippen molar-refractivity contribution in [2.45, 2.75) is 39.0 Å². The number of para-hydroxylation sites is 1. The molecule has 0 radical (unpaired) electrons. The smallest absolute Gasteiger partial charge is 0.143 e. The van der Waals surface area contributed by atoms with Crippen molar-refractivity contribution < 1.29 is 4.79 Å². The fraction of sp³-hybridized carbons (Fsp3) is 0.273. The molecule has 0 N–H and O–H groups in total. The lowest BCUT2D eigenvalue weighted by atomic mass is 10.0. The SMILES string of the molecule is CCCCc1ccc(CC(=O)Cc2ccnn2-c2ccccc2)cc1. The van der Waals surface area contributed by atoms with Crippen LogP contribution in [0.5, 0.6) is 0 Å². The Morgan fingerprint density at radius 1 is 0.920 bits per heavy atom. The second-order valence-corrected chi connectivity index (χ2v) is 6.38. The van der Waals surface area contributed by atoms with Gasteiger partial charge >= 0.3 is 0 Å². The van der Waals surface area contributed by atoms with Crippen LogP contribution in [0.1, 0.15) is 36.6 Å². The highest BCUT2D eigenvalue weighted by Gasteiger charge is 2.11. The summed E-state index contributed by atoms with van der Waals surface area (Å²) in [7, 11) is 0. The zero-order chi connectivity index (χ0) is 17.5. The van der Waals surface area contributed by atoms with Gasteiger partial charge in [-0.1, -0.05) is 55.8 Å². The summed E-state index contributed by atoms with van der Waals surface area (Å²) < 4.78 is 1.84. The number of Topliss-reactive ketones (excluding diaryl/α,β-unsaturated/α-hetero) is 1. The summed E-state index contributed by atoms with van der Waals surface area (Å²) in [6.45, 7) is 2.20. The van der Waals surface area contributed by atoms with E-state index in [0.717, 1.165) is 23.4 Å². The van der Waals surface area contributed by atoms with Gasteiger partial charge in [-0.15, -0.1) is 0 Å². The van der Waals surface area contributed by atoms with Crippen molar-refractivity contribution in [3.8, 4) is 5.69 Å². The van der Waals surface area contributed by atoms with Gasteiger partial charge in [-0.2, -0.15) is 5.10 Å². The Kier molecular flexibility index (Phi) is 5.78. The Labute approximate surface area is 149 Å². The molecule has 0 amide bonds. The number of hydrogen-bond acceptors (Lipinski definition) is 2. The number of ketones is 1. The first-order chi connectivity index (χ1) is 12.3. The third-order valence-corrected chi connectivity index (χ3v) is 4.34. The molecule has 0 saturated heterocycles. The van der Waals surface area contributed by atoms with Gasteiger partial charge in [0.1, 0.15) is 5.78 Å². The van der Waals surface area contributed by atoms with Crippen LogP contribution in [0.4, 0.5) is 0 Å². The van der Waals surface area contributed by atoms with E-state index in [0.29, 0.717) is 12.8 Å². The highest BCUT2D eigenvalue weighted by molar-refractivity contribution is 5.82. The van der Waals surface area contributed by atoms with Gasteiger partial charge in [-0.05, 0) is 42.2 Å². The molecule has 0 fully saturated rings. The van der Waals surface area contributed by atoms with Crippen LogP contribution in [-0.2, 0) is 24.1 Å². The molecule has 0 aliphatic heterocycles. The van der Waals surface area contributed by atoms with Crippen molar-refractivity contribution >= 4 is 5.78 Å². The molecular formula is C22H24N2O. The molecule has 3 aromatic rings. The standard InChI is InChI=1S/C22H24N2O/c1-2-3-7-18-10-12-19(13-11-18)16-22(25)17-21-14-15-23-24(21)20-8-5-4-6-9-20/h4-6,8-15H,2-3,7,16-17H2,1H3. The van der Waals surface area contributed by atoms with Crippen LogP contribution in [0.25, 0.3) is 5.69 Å². The molecule has 1 aromatic heterocycles. The number of carbonyl (C=O) groups excluding carboxylic acids is 1. The molecule has 3 nitrogen and oxygen atoms in total. The molecule has 0 saturated carbocycles. The van der Waals surface area contributed by atoms with Gasteiger partial charge < -0.3 is 0 Å². The Hall–Kier alpha value is -2.68. The van der Waals surface area contributed by atoms with Crippen molar-refractivity contribution in [1.29, 1.82) is 0 Å². The molecule has 0 atom stereocenters. The lowest BCUT2D eigenvalue weighted by Crippen LogP contribution is -2.11. The maximum Gasteiger partial charge on any atom is 0.143 e. The Balaban J connectivity index is 1.63. The van der Waals surface area contributed by atoms with Crippen molar-refractivity contribution in [2.75, 3.05) is 0 Å².